The van der Waals surface area contributed by atoms with E-state index < -0.39 is 79.9 Å². The maximum absolute atomic E-state index is 14.0. The Hall–Kier alpha value is -11.8. The number of hydrazone groups is 1. The van der Waals surface area contributed by atoms with Gasteiger partial charge in [0.25, 0.3) is 45.5 Å². The van der Waals surface area contributed by atoms with E-state index in [-0.39, 0.29) is 78.8 Å². The van der Waals surface area contributed by atoms with Crippen molar-refractivity contribution in [2.75, 3.05) is 59.7 Å². The number of methoxy groups -OCH3 is 2. The normalized spacial score (nSPS) is 14.4. The largest absolute Gasteiger partial charge is 0.483 e. The summed E-state index contributed by atoms with van der Waals surface area (Å²) in [5.74, 6) is -2.32. The zero-order chi connectivity index (χ0) is 83.1. The number of ether oxygens (including phenoxy) is 4. The lowest BCUT2D eigenvalue weighted by molar-refractivity contribution is -0.146. The molecule has 36 heteroatoms. The number of aryl methyl sites for hydroxylation is 6. The van der Waals surface area contributed by atoms with E-state index in [2.05, 4.69) is 45.8 Å². The molecule has 13 rings (SSSR count). The monoisotopic (exact) mass is 1680 g/mol. The van der Waals surface area contributed by atoms with E-state index in [0.29, 0.717) is 79.5 Å². The minimum Gasteiger partial charge on any atom is -0.483 e. The first-order chi connectivity index (χ1) is 54.7. The average Bonchev–Trinajstić information content (AvgIpc) is 1.63. The number of amides is 8. The maximum atomic E-state index is 14.0. The van der Waals surface area contributed by atoms with E-state index in [9.17, 15) is 55.2 Å². The van der Waals surface area contributed by atoms with E-state index in [4.69, 9.17) is 65.4 Å². The summed E-state index contributed by atoms with van der Waals surface area (Å²) in [5.41, 5.74) is 8.10. The first-order valence-corrected chi connectivity index (χ1v) is 39.8. The van der Waals surface area contributed by atoms with Gasteiger partial charge in [0.2, 0.25) is 21.9 Å². The molecule has 3 aliphatic heterocycles. The van der Waals surface area contributed by atoms with Crippen molar-refractivity contribution in [2.24, 2.45) is 5.10 Å². The molecule has 0 spiro atoms. The van der Waals surface area contributed by atoms with E-state index in [1.807, 2.05) is 64.1 Å². The van der Waals surface area contributed by atoms with Gasteiger partial charge in [0.15, 0.2) is 24.2 Å². The number of esters is 1. The number of nitrogens with one attached hydrogen (secondary N) is 6. The summed E-state index contributed by atoms with van der Waals surface area (Å²) in [6.45, 7) is 12.8. The van der Waals surface area contributed by atoms with Crippen LogP contribution in [-0.2, 0) is 66.3 Å². The molecule has 3 unspecified atom stereocenters. The lowest BCUT2D eigenvalue weighted by Crippen LogP contribution is -2.57. The van der Waals surface area contributed by atoms with Crippen molar-refractivity contribution in [3.05, 3.63) is 240 Å². The number of imide groups is 1. The summed E-state index contributed by atoms with van der Waals surface area (Å²) >= 11 is 24.4. The van der Waals surface area contributed by atoms with Crippen LogP contribution in [0.15, 0.2) is 179 Å². The van der Waals surface area contributed by atoms with Crippen LogP contribution in [0.3, 0.4) is 0 Å². The third-order valence-electron chi connectivity index (χ3n) is 18.3. The molecule has 2 aromatic heterocycles. The van der Waals surface area contributed by atoms with Crippen LogP contribution in [0.2, 0.25) is 20.1 Å². The van der Waals surface area contributed by atoms with Gasteiger partial charge in [-0.05, 0) is 179 Å². The van der Waals surface area contributed by atoms with E-state index in [0.717, 1.165) is 37.9 Å². The highest BCUT2D eigenvalue weighted by Crippen LogP contribution is 2.40. The van der Waals surface area contributed by atoms with Gasteiger partial charge in [-0.2, -0.15) is 10.1 Å². The molecule has 0 radical (unpaired) electrons. The number of H-pyrrole nitrogens is 1. The number of fused-ring (bicyclic) bond motifs is 2. The summed E-state index contributed by atoms with van der Waals surface area (Å²) in [7, 11) is -4.06. The van der Waals surface area contributed by atoms with Gasteiger partial charge in [0.05, 0.1) is 61.4 Å². The third-order valence-corrected chi connectivity index (χ3v) is 22.4. The molecule has 0 bridgehead atoms. The van der Waals surface area contributed by atoms with Gasteiger partial charge in [-0.25, -0.2) is 40.6 Å². The number of likely N-dealkylation sites (N-methyl/N-ethyl adjacent to an activating group) is 1. The molecule has 0 aliphatic carbocycles. The quantitative estimate of drug-likeness (QED) is 0.0208. The maximum Gasteiger partial charge on any atom is 0.337 e. The predicted octanol–water partition coefficient (Wildman–Crippen LogP) is 12.8. The number of sulfonamides is 2. The molecule has 8 amide bonds. The van der Waals surface area contributed by atoms with Crippen molar-refractivity contribution in [1.29, 1.82) is 0 Å². The van der Waals surface area contributed by atoms with E-state index in [1.54, 1.807) is 104 Å². The molecule has 3 atom stereocenters. The zero-order valence-electron chi connectivity index (χ0n) is 63.3. The molecule has 3 aliphatic rings. The molecule has 598 valence electrons. The average molecular weight is 1680 g/mol. The van der Waals surface area contributed by atoms with Crippen LogP contribution in [0.1, 0.15) is 91.9 Å². The Kier molecular flexibility index (Phi) is 26.2. The third kappa shape index (κ3) is 19.1. The Balaban J connectivity index is 0.000000171. The van der Waals surface area contributed by atoms with Gasteiger partial charge in [-0.15, -0.1) is 10.2 Å². The summed E-state index contributed by atoms with van der Waals surface area (Å²) in [4.78, 5) is 107. The number of hydrogen-bond donors (Lipinski definition) is 6. The molecule has 5 heterocycles. The number of benzene rings is 8. The number of nitrogens with zero attached hydrogens (tertiary/aromatic N) is 8. The molecule has 1 saturated heterocycles. The fourth-order valence-corrected chi connectivity index (χ4v) is 16.3. The number of aromatic nitrogens is 4. The van der Waals surface area contributed by atoms with Crippen LogP contribution in [0, 0.1) is 34.6 Å². The number of aromatic amines is 1. The summed E-state index contributed by atoms with van der Waals surface area (Å²) in [6, 6.07) is 40.8. The number of carbonyl (C=O) groups excluding carboxylic acids is 8. The summed E-state index contributed by atoms with van der Waals surface area (Å²) < 4.78 is 80.8. The Morgan fingerprint density at radius 1 is 0.687 bits per heavy atom. The lowest BCUT2D eigenvalue weighted by atomic mass is 10.1. The number of rotatable bonds is 22. The SMILES string of the molecule is CCc1[nH]n2c(C(C)NS(=O)(=O)c3cc(C)ccc3C)nnc2c1Oc1ccc(C(=O)OC)cc1.COC1C(=O)N(C(C(=O)Nc2cc(S(=O)(=O)Nc3ccccc3Cl)ccc2C)C(=O)N2CCc3ccccc32)C(=O)N1C.Cc1ccc(OCC(=O)Nc2cccc(C(=O)NC3=NN(c4c(Cl)cc(Cl)cc4Cl)C(=O)C3)c2)c(C)c1. The molecule has 115 heavy (non-hydrogen) atoms. The van der Waals surface area contributed by atoms with Gasteiger partial charge in [0.1, 0.15) is 23.0 Å². The second-order valence-electron chi connectivity index (χ2n) is 26.5. The van der Waals surface area contributed by atoms with Crippen molar-refractivity contribution >= 4 is 154 Å². The first kappa shape index (κ1) is 84.2. The summed E-state index contributed by atoms with van der Waals surface area (Å²) in [5, 5.41) is 25.6. The Morgan fingerprint density at radius 2 is 1.37 bits per heavy atom. The highest BCUT2D eigenvalue weighted by atomic mass is 35.5. The second-order valence-corrected chi connectivity index (χ2v) is 31.5. The molecule has 10 aromatic rings. The number of para-hydroxylation sites is 2. The molecular weight excluding hydrogens is 1610 g/mol. The van der Waals surface area contributed by atoms with Crippen molar-refractivity contribution < 1.29 is 74.1 Å². The van der Waals surface area contributed by atoms with Crippen molar-refractivity contribution in [2.45, 2.75) is 95.8 Å². The minimum absolute atomic E-state index is 0.0578. The Labute approximate surface area is 681 Å². The number of anilines is 5. The highest BCUT2D eigenvalue weighted by molar-refractivity contribution is 7.92. The minimum atomic E-state index is -4.15. The topological polar surface area (TPSA) is 373 Å². The van der Waals surface area contributed by atoms with E-state index >= 15 is 0 Å². The molecular formula is C79H76Cl4N14O16S2. The summed E-state index contributed by atoms with van der Waals surface area (Å²) in [6.07, 6.45) is -0.350. The zero-order valence-corrected chi connectivity index (χ0v) is 68.0. The van der Waals surface area contributed by atoms with Gasteiger partial charge in [-0.1, -0.05) is 126 Å². The van der Waals surface area contributed by atoms with Gasteiger partial charge >= 0.3 is 12.0 Å². The van der Waals surface area contributed by atoms with Crippen LogP contribution in [0.4, 0.5) is 33.2 Å². The van der Waals surface area contributed by atoms with Gasteiger partial charge in [-0.3, -0.25) is 43.5 Å². The number of halogens is 4. The number of amidine groups is 1. The van der Waals surface area contributed by atoms with Crippen molar-refractivity contribution in [1.82, 2.24) is 39.7 Å². The standard InChI is InChI=1S/C29H28ClN5O7S.C26H21Cl3N4O4.C24H27N5O5S/c1-17-12-13-19(43(40,41)32-21-10-6-5-9-20(21)30)16-22(17)31-25(36)24(35-27(38)28(42-3)33(2)29(35)39)26(37)34-15-14-18-8-4-7-11-23(18)34;1-14-6-7-21(15(2)8-14)37-13-23(34)30-18-5-3-4-16(9-18)26(36)31-22-12-24(35)33(32-22)25-19(28)10-17(27)11-20(25)29;1-6-19-21(34-18-11-9-17(10-12-18)24(30)33-5)23-26-25-22(29(23)27-19)16(4)28-35(31,32)20-13-14(2)7-8-15(20)3/h4-13,16,24,28,32H,14-15H2,1-3H3,(H,31,36);3-11H,12-13H2,1-2H3,(H,30,34)(H,31,32,36);7-13,16,27-28H,6H2,1-5H3. The van der Waals surface area contributed by atoms with Crippen LogP contribution in [0.25, 0.3) is 5.65 Å². The molecule has 0 saturated carbocycles. The first-order valence-electron chi connectivity index (χ1n) is 35.3. The fraction of sp³-hybridized carbons (Fsp3) is 0.228. The van der Waals surface area contributed by atoms with Crippen molar-refractivity contribution in [3.8, 4) is 17.2 Å². The fourth-order valence-electron chi connectivity index (χ4n) is 12.4. The molecule has 6 N–H and O–H groups in total. The van der Waals surface area contributed by atoms with Crippen LogP contribution in [-0.4, -0.2) is 146 Å². The molecule has 8 aromatic carbocycles. The highest BCUT2D eigenvalue weighted by Gasteiger charge is 2.53. The Bertz CT molecular complexity index is 5770. The number of hydrogen-bond acceptors (Lipinski definition) is 19. The van der Waals surface area contributed by atoms with E-state index in [1.165, 1.54) is 74.7 Å². The number of carbonyl (C=O) groups is 8. The van der Waals surface area contributed by atoms with Gasteiger partial charge < -0.3 is 39.8 Å². The second kappa shape index (κ2) is 35.7. The Morgan fingerprint density at radius 3 is 2.06 bits per heavy atom. The van der Waals surface area contributed by atoms with Crippen LogP contribution in [0.5, 0.6) is 17.2 Å². The number of urea groups is 1. The molecule has 30 nitrogen and oxygen atoms in total. The van der Waals surface area contributed by atoms with Crippen molar-refractivity contribution in [3.63, 3.8) is 0 Å². The van der Waals surface area contributed by atoms with Gasteiger partial charge in [0, 0.05) is 48.4 Å². The smallest absolute Gasteiger partial charge is 0.337 e. The van der Waals surface area contributed by atoms with Crippen LogP contribution >= 0.6 is 46.4 Å². The van der Waals surface area contributed by atoms with Crippen LogP contribution < -0.4 is 44.8 Å². The molecule has 1 fully saturated rings. The lowest BCUT2D eigenvalue weighted by Gasteiger charge is -2.28. The predicted molar refractivity (Wildman–Crippen MR) is 433 cm³/mol.